The van der Waals surface area contributed by atoms with Gasteiger partial charge in [0, 0.05) is 45.3 Å². The minimum absolute atomic E-state index is 0.0606. The van der Waals surface area contributed by atoms with Gasteiger partial charge in [-0.1, -0.05) is 6.92 Å². The topological polar surface area (TPSA) is 53.4 Å². The third kappa shape index (κ3) is 3.76. The minimum Gasteiger partial charge on any atom is -0.330 e. The highest BCUT2D eigenvalue weighted by molar-refractivity contribution is 5.93. The molecule has 0 bridgehead atoms. The Kier molecular flexibility index (Phi) is 5.16. The predicted molar refractivity (Wildman–Crippen MR) is 97.0 cm³/mol. The Morgan fingerprint density at radius 2 is 1.96 bits per heavy atom. The molecule has 1 aromatic heterocycles. The normalized spacial score (nSPS) is 16.6. The molecule has 1 aliphatic rings. The van der Waals surface area contributed by atoms with Crippen LogP contribution in [-0.4, -0.2) is 58.5 Å². The maximum atomic E-state index is 11.8. The van der Waals surface area contributed by atoms with E-state index in [0.717, 1.165) is 61.7 Å². The van der Waals surface area contributed by atoms with E-state index in [4.69, 9.17) is 4.98 Å². The molecule has 1 saturated heterocycles. The maximum Gasteiger partial charge on any atom is 0.224 e. The summed E-state index contributed by atoms with van der Waals surface area (Å²) in [6, 6.07) is 5.96. The second-order valence-corrected chi connectivity index (χ2v) is 6.67. The molecule has 2 heterocycles. The number of nitrogens with one attached hydrogen (secondary N) is 1. The summed E-state index contributed by atoms with van der Waals surface area (Å²) in [5, 5.41) is 2.95. The van der Waals surface area contributed by atoms with Crippen molar-refractivity contribution in [1.82, 2.24) is 19.4 Å². The van der Waals surface area contributed by atoms with Gasteiger partial charge in [0.05, 0.1) is 17.6 Å². The number of hydrogen-bond acceptors (Lipinski definition) is 4. The van der Waals surface area contributed by atoms with Crippen LogP contribution in [0.3, 0.4) is 0 Å². The van der Waals surface area contributed by atoms with Gasteiger partial charge in [0.1, 0.15) is 5.82 Å². The molecule has 1 N–H and O–H groups in total. The van der Waals surface area contributed by atoms with Crippen molar-refractivity contribution in [2.45, 2.75) is 26.3 Å². The Labute approximate surface area is 143 Å². The lowest BCUT2D eigenvalue weighted by molar-refractivity contribution is -0.116. The average Bonchev–Trinajstić information content (AvgIpc) is 2.85. The molecule has 1 aliphatic heterocycles. The van der Waals surface area contributed by atoms with Crippen LogP contribution in [-0.2, 0) is 18.4 Å². The fourth-order valence-corrected chi connectivity index (χ4v) is 3.13. The average molecular weight is 329 g/mol. The predicted octanol–water partition coefficient (Wildman–Crippen LogP) is 2.06. The van der Waals surface area contributed by atoms with E-state index in [1.54, 1.807) is 0 Å². The smallest absolute Gasteiger partial charge is 0.224 e. The van der Waals surface area contributed by atoms with Gasteiger partial charge < -0.3 is 14.8 Å². The van der Waals surface area contributed by atoms with Crippen molar-refractivity contribution in [3.63, 3.8) is 0 Å². The standard InChI is InChI=1S/C18H27N5O/c1-4-5-18(24)19-14-6-7-16-15(12-14)20-17(22(16)3)13-23-10-8-21(2)9-11-23/h6-7,12H,4-5,8-11,13H2,1-3H3,(H,19,24). The Morgan fingerprint density at radius 3 is 2.67 bits per heavy atom. The van der Waals surface area contributed by atoms with Crippen LogP contribution >= 0.6 is 0 Å². The number of fused-ring (bicyclic) bond motifs is 1. The van der Waals surface area contributed by atoms with Crippen molar-refractivity contribution < 1.29 is 4.79 Å². The third-order valence-electron chi connectivity index (χ3n) is 4.70. The van der Waals surface area contributed by atoms with Gasteiger partial charge in [-0.25, -0.2) is 4.98 Å². The number of hydrogen-bond donors (Lipinski definition) is 1. The summed E-state index contributed by atoms with van der Waals surface area (Å²) in [5.74, 6) is 1.14. The van der Waals surface area contributed by atoms with Crippen LogP contribution in [0.15, 0.2) is 18.2 Å². The largest absolute Gasteiger partial charge is 0.330 e. The minimum atomic E-state index is 0.0606. The second kappa shape index (κ2) is 7.32. The van der Waals surface area contributed by atoms with Crippen LogP contribution in [0.25, 0.3) is 11.0 Å². The van der Waals surface area contributed by atoms with Crippen LogP contribution in [0.2, 0.25) is 0 Å². The quantitative estimate of drug-likeness (QED) is 0.912. The zero-order valence-corrected chi connectivity index (χ0v) is 14.9. The lowest BCUT2D eigenvalue weighted by atomic mass is 10.2. The third-order valence-corrected chi connectivity index (χ3v) is 4.70. The first-order valence-electron chi connectivity index (χ1n) is 8.73. The van der Waals surface area contributed by atoms with Crippen LogP contribution in [0, 0.1) is 0 Å². The molecule has 6 nitrogen and oxygen atoms in total. The van der Waals surface area contributed by atoms with Crippen molar-refractivity contribution in [2.24, 2.45) is 7.05 Å². The van der Waals surface area contributed by atoms with E-state index in [1.807, 2.05) is 25.1 Å². The van der Waals surface area contributed by atoms with Gasteiger partial charge in [-0.3, -0.25) is 9.69 Å². The second-order valence-electron chi connectivity index (χ2n) is 6.67. The number of anilines is 1. The van der Waals surface area contributed by atoms with Gasteiger partial charge in [-0.2, -0.15) is 0 Å². The molecule has 130 valence electrons. The molecule has 24 heavy (non-hydrogen) atoms. The number of imidazole rings is 1. The van der Waals surface area contributed by atoms with Crippen molar-refractivity contribution in [3.8, 4) is 0 Å². The van der Waals surface area contributed by atoms with Crippen LogP contribution in [0.1, 0.15) is 25.6 Å². The SMILES string of the molecule is CCCC(=O)Nc1ccc2c(c1)nc(CN1CCN(C)CC1)n2C. The summed E-state index contributed by atoms with van der Waals surface area (Å²) in [7, 11) is 4.23. The lowest BCUT2D eigenvalue weighted by Gasteiger charge is -2.31. The molecule has 1 fully saturated rings. The van der Waals surface area contributed by atoms with Crippen LogP contribution in [0.4, 0.5) is 5.69 Å². The summed E-state index contributed by atoms with van der Waals surface area (Å²) in [5.41, 5.74) is 2.87. The first kappa shape index (κ1) is 16.9. The summed E-state index contributed by atoms with van der Waals surface area (Å²) in [6.07, 6.45) is 1.40. The number of amides is 1. The molecule has 6 heteroatoms. The highest BCUT2D eigenvalue weighted by Crippen LogP contribution is 2.21. The molecular weight excluding hydrogens is 302 g/mol. The molecule has 0 radical (unpaired) electrons. The van der Waals surface area contributed by atoms with E-state index in [0.29, 0.717) is 6.42 Å². The van der Waals surface area contributed by atoms with Crippen molar-refractivity contribution >= 4 is 22.6 Å². The van der Waals surface area contributed by atoms with Gasteiger partial charge in [0.25, 0.3) is 0 Å². The number of likely N-dealkylation sites (N-methyl/N-ethyl adjacent to an activating group) is 1. The first-order valence-corrected chi connectivity index (χ1v) is 8.73. The van der Waals surface area contributed by atoms with Gasteiger partial charge in [0.2, 0.25) is 5.91 Å². The molecule has 0 saturated carbocycles. The van der Waals surface area contributed by atoms with E-state index < -0.39 is 0 Å². The number of piperazine rings is 1. The number of aromatic nitrogens is 2. The van der Waals surface area contributed by atoms with E-state index in [2.05, 4.69) is 33.8 Å². The van der Waals surface area contributed by atoms with Crippen molar-refractivity contribution in [2.75, 3.05) is 38.5 Å². The molecule has 0 unspecified atom stereocenters. The number of aryl methyl sites for hydroxylation is 1. The van der Waals surface area contributed by atoms with Crippen molar-refractivity contribution in [1.29, 1.82) is 0 Å². The Morgan fingerprint density at radius 1 is 1.21 bits per heavy atom. The Hall–Kier alpha value is -1.92. The lowest BCUT2D eigenvalue weighted by Crippen LogP contribution is -2.44. The maximum absolute atomic E-state index is 11.8. The molecule has 0 aliphatic carbocycles. The molecule has 3 rings (SSSR count). The van der Waals surface area contributed by atoms with E-state index in [-0.39, 0.29) is 5.91 Å². The summed E-state index contributed by atoms with van der Waals surface area (Å²) < 4.78 is 2.16. The van der Waals surface area contributed by atoms with E-state index in [1.165, 1.54) is 0 Å². The van der Waals surface area contributed by atoms with Gasteiger partial charge in [-0.15, -0.1) is 0 Å². The van der Waals surface area contributed by atoms with Gasteiger partial charge >= 0.3 is 0 Å². The number of carbonyl (C=O) groups excluding carboxylic acids is 1. The first-order chi connectivity index (χ1) is 11.6. The Balaban J connectivity index is 1.75. The summed E-state index contributed by atoms with van der Waals surface area (Å²) >= 11 is 0. The fourth-order valence-electron chi connectivity index (χ4n) is 3.13. The number of benzene rings is 1. The monoisotopic (exact) mass is 329 g/mol. The Bertz CT molecular complexity index is 716. The van der Waals surface area contributed by atoms with Gasteiger partial charge in [0.15, 0.2) is 0 Å². The van der Waals surface area contributed by atoms with E-state index in [9.17, 15) is 4.79 Å². The molecule has 1 amide bonds. The summed E-state index contributed by atoms with van der Waals surface area (Å²) in [4.78, 5) is 21.4. The van der Waals surface area contributed by atoms with Crippen LogP contribution in [0.5, 0.6) is 0 Å². The molecule has 1 aromatic carbocycles. The highest BCUT2D eigenvalue weighted by Gasteiger charge is 2.17. The van der Waals surface area contributed by atoms with Crippen molar-refractivity contribution in [3.05, 3.63) is 24.0 Å². The molecular formula is C18H27N5O. The fraction of sp³-hybridized carbons (Fsp3) is 0.556. The van der Waals surface area contributed by atoms with Gasteiger partial charge in [-0.05, 0) is 31.7 Å². The molecule has 0 spiro atoms. The zero-order valence-electron chi connectivity index (χ0n) is 14.9. The number of carbonyl (C=O) groups is 1. The zero-order chi connectivity index (χ0) is 17.1. The highest BCUT2D eigenvalue weighted by atomic mass is 16.1. The molecule has 2 aromatic rings. The number of nitrogens with zero attached hydrogens (tertiary/aromatic N) is 4. The molecule has 0 atom stereocenters. The van der Waals surface area contributed by atoms with Crippen LogP contribution < -0.4 is 5.32 Å². The van der Waals surface area contributed by atoms with E-state index >= 15 is 0 Å². The number of rotatable bonds is 5. The summed E-state index contributed by atoms with van der Waals surface area (Å²) in [6.45, 7) is 7.26.